The van der Waals surface area contributed by atoms with Crippen LogP contribution in [0.15, 0.2) is 42.6 Å². The van der Waals surface area contributed by atoms with Crippen LogP contribution in [0.2, 0.25) is 5.02 Å². The molecule has 1 atom stereocenters. The van der Waals surface area contributed by atoms with Crippen molar-refractivity contribution in [2.75, 3.05) is 35.6 Å². The number of carbonyl (C=O) groups excluding carboxylic acids is 1. The summed E-state index contributed by atoms with van der Waals surface area (Å²) in [4.78, 5) is 23.9. The number of likely N-dealkylation sites (tertiary alicyclic amines) is 1. The standard InChI is InChI=1S/C31H39ClN6O2/c1-19-14-20(22-9-7-13-38(17-22)18-30(2,3)40)11-12-24(19)36-29-34-16-23(32)27(37-29)33-15-21-8-6-10-25-26(21)31(4,5)28(39)35-25/h6,8,10-12,14,16,22,40H,7,9,13,15,17-18H2,1-5H3,(H,35,39)(H2,33,34,36,37). The minimum absolute atomic E-state index is 0.00202. The summed E-state index contributed by atoms with van der Waals surface area (Å²) in [5, 5.41) is 20.3. The summed E-state index contributed by atoms with van der Waals surface area (Å²) in [5.74, 6) is 1.42. The normalized spacial score (nSPS) is 18.8. The predicted octanol–water partition coefficient (Wildman–Crippen LogP) is 5.97. The molecule has 0 bridgehead atoms. The molecular weight excluding hydrogens is 524 g/mol. The van der Waals surface area contributed by atoms with Gasteiger partial charge >= 0.3 is 0 Å². The summed E-state index contributed by atoms with van der Waals surface area (Å²) >= 11 is 6.45. The number of benzene rings is 2. The maximum absolute atomic E-state index is 12.5. The average Bonchev–Trinajstić information content (AvgIpc) is 3.13. The molecule has 4 N–H and O–H groups in total. The van der Waals surface area contributed by atoms with Crippen molar-refractivity contribution >= 4 is 40.6 Å². The average molecular weight is 563 g/mol. The lowest BCUT2D eigenvalue weighted by Gasteiger charge is -2.36. The van der Waals surface area contributed by atoms with E-state index >= 15 is 0 Å². The van der Waals surface area contributed by atoms with Crippen molar-refractivity contribution in [2.45, 2.75) is 70.9 Å². The van der Waals surface area contributed by atoms with Crippen LogP contribution in [0.4, 0.5) is 23.1 Å². The Balaban J connectivity index is 1.28. The zero-order chi connectivity index (χ0) is 28.7. The van der Waals surface area contributed by atoms with Crippen molar-refractivity contribution in [1.29, 1.82) is 0 Å². The highest BCUT2D eigenvalue weighted by atomic mass is 35.5. The maximum atomic E-state index is 12.5. The number of aryl methyl sites for hydroxylation is 1. The number of piperidine rings is 1. The van der Waals surface area contributed by atoms with Gasteiger partial charge < -0.3 is 21.1 Å². The van der Waals surface area contributed by atoms with Crippen molar-refractivity contribution < 1.29 is 9.90 Å². The molecule has 2 aliphatic rings. The van der Waals surface area contributed by atoms with Gasteiger partial charge in [0.15, 0.2) is 5.82 Å². The minimum atomic E-state index is -0.689. The van der Waals surface area contributed by atoms with Crippen molar-refractivity contribution in [3.63, 3.8) is 0 Å². The number of nitrogens with one attached hydrogen (secondary N) is 3. The molecule has 0 saturated carbocycles. The number of fused-ring (bicyclic) bond motifs is 1. The molecule has 8 nitrogen and oxygen atoms in total. The van der Waals surface area contributed by atoms with E-state index in [1.165, 1.54) is 5.56 Å². The third kappa shape index (κ3) is 6.09. The molecule has 5 rings (SSSR count). The lowest BCUT2D eigenvalue weighted by molar-refractivity contribution is -0.119. The second kappa shape index (κ2) is 11.0. The molecule has 0 spiro atoms. The number of anilines is 4. The molecule has 3 heterocycles. The van der Waals surface area contributed by atoms with Gasteiger partial charge in [-0.25, -0.2) is 4.98 Å². The highest BCUT2D eigenvalue weighted by Crippen LogP contribution is 2.40. The zero-order valence-corrected chi connectivity index (χ0v) is 24.7. The Bertz CT molecular complexity index is 1420. The largest absolute Gasteiger partial charge is 0.389 e. The summed E-state index contributed by atoms with van der Waals surface area (Å²) in [6.07, 6.45) is 3.87. The summed E-state index contributed by atoms with van der Waals surface area (Å²) in [5.41, 5.74) is 4.93. The molecule has 2 aliphatic heterocycles. The molecule has 0 radical (unpaired) electrons. The lowest BCUT2D eigenvalue weighted by atomic mass is 9.83. The second-order valence-corrected chi connectivity index (χ2v) is 12.7. The number of aromatic nitrogens is 2. The summed E-state index contributed by atoms with van der Waals surface area (Å²) in [6.45, 7) is 12.8. The summed E-state index contributed by atoms with van der Waals surface area (Å²) < 4.78 is 0. The molecule has 40 heavy (non-hydrogen) atoms. The molecule has 212 valence electrons. The molecule has 1 fully saturated rings. The van der Waals surface area contributed by atoms with E-state index in [9.17, 15) is 9.90 Å². The number of rotatable bonds is 8. The molecule has 0 aliphatic carbocycles. The SMILES string of the molecule is Cc1cc(C2CCCN(CC(C)(C)O)C2)ccc1Nc1ncc(Cl)c(NCc2cccc3c2C(C)(C)C(=O)N3)n1. The molecule has 1 unspecified atom stereocenters. The van der Waals surface area contributed by atoms with E-state index in [1.807, 2.05) is 45.9 Å². The third-order valence-electron chi connectivity index (χ3n) is 7.87. The van der Waals surface area contributed by atoms with Crippen LogP contribution in [0.5, 0.6) is 0 Å². The van der Waals surface area contributed by atoms with E-state index in [1.54, 1.807) is 6.20 Å². The van der Waals surface area contributed by atoms with E-state index in [4.69, 9.17) is 11.6 Å². The van der Waals surface area contributed by atoms with E-state index in [2.05, 4.69) is 55.9 Å². The van der Waals surface area contributed by atoms with Crippen molar-refractivity contribution in [3.8, 4) is 0 Å². The zero-order valence-electron chi connectivity index (χ0n) is 23.9. The van der Waals surface area contributed by atoms with Gasteiger partial charge in [0, 0.05) is 31.0 Å². The Morgan fingerprint density at radius 3 is 2.80 bits per heavy atom. The van der Waals surface area contributed by atoms with E-state index < -0.39 is 11.0 Å². The maximum Gasteiger partial charge on any atom is 0.234 e. The van der Waals surface area contributed by atoms with Crippen LogP contribution in [-0.4, -0.2) is 51.1 Å². The number of halogens is 1. The van der Waals surface area contributed by atoms with Gasteiger partial charge in [0.25, 0.3) is 0 Å². The van der Waals surface area contributed by atoms with E-state index in [0.717, 1.165) is 54.0 Å². The smallest absolute Gasteiger partial charge is 0.234 e. The summed E-state index contributed by atoms with van der Waals surface area (Å²) in [7, 11) is 0. The van der Waals surface area contributed by atoms with Crippen LogP contribution in [-0.2, 0) is 16.8 Å². The molecule has 3 aromatic rings. The number of amides is 1. The first kappa shape index (κ1) is 28.3. The topological polar surface area (TPSA) is 102 Å². The Morgan fingerprint density at radius 1 is 1.25 bits per heavy atom. The fraction of sp³-hybridized carbons (Fsp3) is 0.452. The summed E-state index contributed by atoms with van der Waals surface area (Å²) in [6, 6.07) is 12.4. The van der Waals surface area contributed by atoms with Crippen molar-refractivity contribution in [1.82, 2.24) is 14.9 Å². The van der Waals surface area contributed by atoms with Crippen LogP contribution < -0.4 is 16.0 Å². The van der Waals surface area contributed by atoms with Crippen molar-refractivity contribution in [2.24, 2.45) is 0 Å². The Labute approximate surface area is 241 Å². The van der Waals surface area contributed by atoms with Crippen LogP contribution in [0.1, 0.15) is 68.7 Å². The lowest BCUT2D eigenvalue weighted by Crippen LogP contribution is -2.43. The van der Waals surface area contributed by atoms with Crippen molar-refractivity contribution in [3.05, 3.63) is 69.9 Å². The molecule has 9 heteroatoms. The van der Waals surface area contributed by atoms with Gasteiger partial charge in [0.05, 0.1) is 17.2 Å². The molecule has 1 aromatic heterocycles. The first-order chi connectivity index (χ1) is 18.9. The predicted molar refractivity (Wildman–Crippen MR) is 162 cm³/mol. The Hall–Kier alpha value is -3.20. The number of β-amino-alcohol motifs (C(OH)–C–C–N with tert-alkyl or cyclic N) is 1. The molecule has 1 amide bonds. The minimum Gasteiger partial charge on any atom is -0.389 e. The van der Waals surface area contributed by atoms with Gasteiger partial charge in [-0.15, -0.1) is 0 Å². The third-order valence-corrected chi connectivity index (χ3v) is 8.14. The highest BCUT2D eigenvalue weighted by molar-refractivity contribution is 6.32. The Morgan fingerprint density at radius 2 is 2.05 bits per heavy atom. The van der Waals surface area contributed by atoms with Crippen LogP contribution in [0, 0.1) is 6.92 Å². The van der Waals surface area contributed by atoms with Gasteiger partial charge in [-0.05, 0) is 94.3 Å². The molecule has 2 aromatic carbocycles. The number of nitrogens with zero attached hydrogens (tertiary/aromatic N) is 3. The van der Waals surface area contributed by atoms with Crippen LogP contribution >= 0.6 is 11.6 Å². The van der Waals surface area contributed by atoms with Gasteiger partial charge in [0.2, 0.25) is 11.9 Å². The van der Waals surface area contributed by atoms with Gasteiger partial charge in [-0.2, -0.15) is 4.98 Å². The number of hydrogen-bond acceptors (Lipinski definition) is 7. The van der Waals surface area contributed by atoms with E-state index in [0.29, 0.717) is 35.8 Å². The number of carbonyl (C=O) groups is 1. The number of aliphatic hydroxyl groups is 1. The van der Waals surface area contributed by atoms with Gasteiger partial charge in [-0.1, -0.05) is 35.9 Å². The van der Waals surface area contributed by atoms with E-state index in [-0.39, 0.29) is 5.91 Å². The van der Waals surface area contributed by atoms with Gasteiger partial charge in [-0.3, -0.25) is 9.69 Å². The fourth-order valence-corrected chi connectivity index (χ4v) is 6.09. The first-order valence-corrected chi connectivity index (χ1v) is 14.3. The van der Waals surface area contributed by atoms with Crippen LogP contribution in [0.25, 0.3) is 0 Å². The number of hydrogen-bond donors (Lipinski definition) is 4. The van der Waals surface area contributed by atoms with Gasteiger partial charge in [0.1, 0.15) is 5.02 Å². The molecular formula is C31H39ClN6O2. The monoisotopic (exact) mass is 562 g/mol. The fourth-order valence-electron chi connectivity index (χ4n) is 5.93. The highest BCUT2D eigenvalue weighted by Gasteiger charge is 2.40. The molecule has 1 saturated heterocycles. The second-order valence-electron chi connectivity index (χ2n) is 12.2. The first-order valence-electron chi connectivity index (χ1n) is 13.9. The van der Waals surface area contributed by atoms with Crippen LogP contribution in [0.3, 0.4) is 0 Å². The Kier molecular flexibility index (Phi) is 7.79. The quantitative estimate of drug-likeness (QED) is 0.268.